The van der Waals surface area contributed by atoms with Crippen molar-refractivity contribution in [3.05, 3.63) is 47.3 Å². The van der Waals surface area contributed by atoms with Crippen LogP contribution in [0.3, 0.4) is 0 Å². The Morgan fingerprint density at radius 3 is 2.53 bits per heavy atom. The molecule has 1 aromatic carbocycles. The lowest BCUT2D eigenvalue weighted by Crippen LogP contribution is -2.40. The molecule has 0 saturated carbocycles. The number of benzene rings is 1. The fourth-order valence-electron chi connectivity index (χ4n) is 3.01. The van der Waals surface area contributed by atoms with Crippen molar-refractivity contribution in [1.29, 1.82) is 0 Å². The molecule has 2 heterocycles. The third-order valence-electron chi connectivity index (χ3n) is 4.66. The van der Waals surface area contributed by atoms with Crippen LogP contribution in [0.4, 0.5) is 16.4 Å². The van der Waals surface area contributed by atoms with E-state index in [4.69, 9.17) is 4.74 Å². The smallest absolute Gasteiger partial charge is 0.410 e. The fraction of sp³-hybridized carbons (Fsp3) is 0.455. The van der Waals surface area contributed by atoms with Crippen molar-refractivity contribution in [2.24, 2.45) is 0 Å². The summed E-state index contributed by atoms with van der Waals surface area (Å²) >= 11 is 0. The molecule has 0 aliphatic carbocycles. The molecule has 0 radical (unpaired) electrons. The normalized spacial score (nSPS) is 13.4. The van der Waals surface area contributed by atoms with Gasteiger partial charge in [0.25, 0.3) is 0 Å². The molecule has 0 bridgehead atoms. The van der Waals surface area contributed by atoms with Gasteiger partial charge >= 0.3 is 6.09 Å². The van der Waals surface area contributed by atoms with Crippen LogP contribution in [0, 0.1) is 0 Å². The number of amides is 2. The third-order valence-corrected chi connectivity index (χ3v) is 4.66. The zero-order valence-corrected chi connectivity index (χ0v) is 18.2. The highest BCUT2D eigenvalue weighted by Gasteiger charge is 2.26. The fourth-order valence-corrected chi connectivity index (χ4v) is 3.01. The largest absolute Gasteiger partial charge is 0.444 e. The maximum atomic E-state index is 12.4. The molecule has 160 valence electrons. The van der Waals surface area contributed by atoms with Gasteiger partial charge in [-0.3, -0.25) is 4.79 Å². The third kappa shape index (κ3) is 5.68. The summed E-state index contributed by atoms with van der Waals surface area (Å²) in [6, 6.07) is 7.61. The number of hydrogen-bond donors (Lipinski definition) is 1. The van der Waals surface area contributed by atoms with Crippen molar-refractivity contribution in [3.8, 4) is 0 Å². The van der Waals surface area contributed by atoms with Crippen LogP contribution in [0.1, 0.15) is 37.6 Å². The van der Waals surface area contributed by atoms with Crippen molar-refractivity contribution >= 4 is 23.6 Å². The molecule has 0 saturated heterocycles. The van der Waals surface area contributed by atoms with E-state index in [-0.39, 0.29) is 12.0 Å². The summed E-state index contributed by atoms with van der Waals surface area (Å²) in [5, 5.41) is 3.19. The van der Waals surface area contributed by atoms with Crippen molar-refractivity contribution < 1.29 is 14.3 Å². The van der Waals surface area contributed by atoms with Crippen LogP contribution in [0.25, 0.3) is 0 Å². The molecule has 1 N–H and O–H groups in total. The molecule has 0 unspecified atom stereocenters. The summed E-state index contributed by atoms with van der Waals surface area (Å²) in [7, 11) is 3.49. The predicted molar refractivity (Wildman–Crippen MR) is 115 cm³/mol. The highest BCUT2D eigenvalue weighted by molar-refractivity contribution is 5.78. The van der Waals surface area contributed by atoms with Crippen molar-refractivity contribution in [2.75, 3.05) is 26.0 Å². The van der Waals surface area contributed by atoms with E-state index in [2.05, 4.69) is 15.3 Å². The van der Waals surface area contributed by atoms with E-state index in [1.807, 2.05) is 45.0 Å². The minimum atomic E-state index is -0.529. The lowest BCUT2D eigenvalue weighted by molar-refractivity contribution is -0.127. The highest BCUT2D eigenvalue weighted by atomic mass is 16.6. The van der Waals surface area contributed by atoms with Gasteiger partial charge in [0.2, 0.25) is 11.9 Å². The Balaban J connectivity index is 1.66. The predicted octanol–water partition coefficient (Wildman–Crippen LogP) is 3.14. The molecule has 3 rings (SSSR count). The number of nitrogens with zero attached hydrogens (tertiary/aromatic N) is 4. The Morgan fingerprint density at radius 1 is 1.20 bits per heavy atom. The van der Waals surface area contributed by atoms with E-state index in [9.17, 15) is 9.59 Å². The monoisotopic (exact) mass is 411 g/mol. The number of carbonyl (C=O) groups excluding carboxylic acids is 2. The van der Waals surface area contributed by atoms with Crippen LogP contribution in [0.5, 0.6) is 0 Å². The molecule has 8 nitrogen and oxygen atoms in total. The first-order valence-electron chi connectivity index (χ1n) is 9.99. The lowest BCUT2D eigenvalue weighted by Gasteiger charge is -2.30. The van der Waals surface area contributed by atoms with Crippen LogP contribution in [0.15, 0.2) is 30.5 Å². The zero-order chi connectivity index (χ0) is 21.9. The number of ether oxygens (including phenoxy) is 1. The van der Waals surface area contributed by atoms with Gasteiger partial charge in [-0.15, -0.1) is 0 Å². The van der Waals surface area contributed by atoms with Crippen LogP contribution >= 0.6 is 0 Å². The molecule has 0 fully saturated rings. The number of likely N-dealkylation sites (N-methyl/N-ethyl adjacent to an activating group) is 1. The highest BCUT2D eigenvalue weighted by Crippen LogP contribution is 2.22. The topological polar surface area (TPSA) is 87.7 Å². The minimum absolute atomic E-state index is 0.0586. The number of rotatable bonds is 4. The summed E-state index contributed by atoms with van der Waals surface area (Å²) in [6.45, 7) is 6.55. The maximum absolute atomic E-state index is 12.4. The number of fused-ring (bicyclic) bond motifs is 1. The molecular weight excluding hydrogens is 382 g/mol. The van der Waals surface area contributed by atoms with E-state index in [1.54, 1.807) is 30.1 Å². The SMILES string of the molecule is CN(C)C(=O)Cc1ccc(Nc2ncc3c(n2)CN(C(=O)OC(C)(C)C)CC3)cc1. The molecule has 8 heteroatoms. The second-order valence-electron chi connectivity index (χ2n) is 8.60. The van der Waals surface area contributed by atoms with Crippen molar-refractivity contribution in [3.63, 3.8) is 0 Å². The summed E-state index contributed by atoms with van der Waals surface area (Å²) in [5.74, 6) is 0.528. The summed E-state index contributed by atoms with van der Waals surface area (Å²) in [6.07, 6.45) is 2.54. The molecule has 2 amide bonds. The van der Waals surface area contributed by atoms with E-state index in [0.29, 0.717) is 31.9 Å². The van der Waals surface area contributed by atoms with Gasteiger partial charge in [-0.2, -0.15) is 0 Å². The maximum Gasteiger partial charge on any atom is 0.410 e. The second kappa shape index (κ2) is 8.69. The zero-order valence-electron chi connectivity index (χ0n) is 18.2. The Labute approximate surface area is 177 Å². The summed E-state index contributed by atoms with van der Waals surface area (Å²) in [5.41, 5.74) is 3.10. The molecule has 0 atom stereocenters. The number of anilines is 2. The molecule has 1 aliphatic heterocycles. The van der Waals surface area contributed by atoms with Gasteiger partial charge in [0.15, 0.2) is 0 Å². The van der Waals surface area contributed by atoms with E-state index < -0.39 is 5.60 Å². The Kier molecular flexibility index (Phi) is 6.24. The van der Waals surface area contributed by atoms with Gasteiger partial charge in [0.1, 0.15) is 5.60 Å². The molecule has 30 heavy (non-hydrogen) atoms. The number of nitrogens with one attached hydrogen (secondary N) is 1. The van der Waals surface area contributed by atoms with Gasteiger partial charge in [-0.25, -0.2) is 14.8 Å². The first kappa shape index (κ1) is 21.5. The average molecular weight is 412 g/mol. The van der Waals surface area contributed by atoms with Gasteiger partial charge in [0.05, 0.1) is 18.7 Å². The molecule has 0 spiro atoms. The number of hydrogen-bond acceptors (Lipinski definition) is 6. The number of aromatic nitrogens is 2. The van der Waals surface area contributed by atoms with Crippen LogP contribution < -0.4 is 5.32 Å². The van der Waals surface area contributed by atoms with E-state index >= 15 is 0 Å². The van der Waals surface area contributed by atoms with E-state index in [0.717, 1.165) is 22.5 Å². The Bertz CT molecular complexity index is 919. The van der Waals surface area contributed by atoms with Gasteiger partial charge in [-0.05, 0) is 50.5 Å². The van der Waals surface area contributed by atoms with E-state index in [1.165, 1.54) is 0 Å². The lowest BCUT2D eigenvalue weighted by atomic mass is 10.1. The standard InChI is InChI=1S/C22H29N5O3/c1-22(2,3)30-21(29)27-11-10-16-13-23-20(25-18(16)14-27)24-17-8-6-15(7-9-17)12-19(28)26(4)5/h6-9,13H,10-12,14H2,1-5H3,(H,23,24,25). The quantitative estimate of drug-likeness (QED) is 0.832. The second-order valence-corrected chi connectivity index (χ2v) is 8.60. The molecular formula is C22H29N5O3. The summed E-state index contributed by atoms with van der Waals surface area (Å²) in [4.78, 5) is 36.4. The van der Waals surface area contributed by atoms with Crippen LogP contribution in [-0.4, -0.2) is 58.0 Å². The van der Waals surface area contributed by atoms with Gasteiger partial charge in [0, 0.05) is 32.5 Å². The van der Waals surface area contributed by atoms with Gasteiger partial charge < -0.3 is 19.9 Å². The Hall–Kier alpha value is -3.16. The van der Waals surface area contributed by atoms with Gasteiger partial charge in [-0.1, -0.05) is 12.1 Å². The van der Waals surface area contributed by atoms with Crippen LogP contribution in [-0.2, 0) is 28.9 Å². The molecule has 1 aromatic heterocycles. The molecule has 2 aromatic rings. The van der Waals surface area contributed by atoms with Crippen molar-refractivity contribution in [2.45, 2.75) is 45.8 Å². The first-order valence-corrected chi connectivity index (χ1v) is 9.99. The number of carbonyl (C=O) groups is 2. The van der Waals surface area contributed by atoms with Crippen LogP contribution in [0.2, 0.25) is 0 Å². The Morgan fingerprint density at radius 2 is 1.90 bits per heavy atom. The minimum Gasteiger partial charge on any atom is -0.444 e. The summed E-state index contributed by atoms with van der Waals surface area (Å²) < 4.78 is 5.47. The average Bonchev–Trinajstić information content (AvgIpc) is 2.67. The van der Waals surface area contributed by atoms with Crippen molar-refractivity contribution in [1.82, 2.24) is 19.8 Å². The molecule has 1 aliphatic rings. The first-order chi connectivity index (χ1) is 14.1.